The average Bonchev–Trinajstić information content (AvgIpc) is 3.58. The number of fused-ring (bicyclic) bond motifs is 2. The molecule has 1 aromatic heterocycles. The van der Waals surface area contributed by atoms with E-state index in [4.69, 9.17) is 10.5 Å². The zero-order valence-electron chi connectivity index (χ0n) is 27.4. The molecule has 0 spiro atoms. The Labute approximate surface area is 267 Å². The maximum Gasteiger partial charge on any atom is 0.257 e. The van der Waals surface area contributed by atoms with Crippen LogP contribution in [-0.4, -0.2) is 66.1 Å². The number of hydrogen-bond acceptors (Lipinski definition) is 7. The van der Waals surface area contributed by atoms with Gasteiger partial charge >= 0.3 is 0 Å². The first kappa shape index (κ1) is 34.4. The number of likely N-dealkylation sites (tertiary alicyclic amines) is 1. The molecular weight excluding hydrogens is 571 g/mol. The minimum atomic E-state index is -0.529. The molecule has 2 aliphatic heterocycles. The number of pyridine rings is 1. The van der Waals surface area contributed by atoms with Crippen molar-refractivity contribution in [1.82, 2.24) is 20.7 Å². The largest absolute Gasteiger partial charge is 0.397 e. The van der Waals surface area contributed by atoms with Gasteiger partial charge in [0, 0.05) is 26.6 Å². The van der Waals surface area contributed by atoms with E-state index in [1.54, 1.807) is 24.2 Å². The number of hydrogen-bond donors (Lipinski definition) is 3. The number of halogens is 1. The number of piperazine rings is 1. The molecule has 1 aliphatic carbocycles. The third kappa shape index (κ3) is 9.50. The Kier molecular flexibility index (Phi) is 12.4. The molecule has 1 aromatic rings. The monoisotopic (exact) mass is 622 g/mol. The van der Waals surface area contributed by atoms with E-state index in [9.17, 15) is 9.59 Å². The minimum Gasteiger partial charge on any atom is -0.397 e. The number of allylic oxidation sites excluding steroid dienone is 3. The topological polar surface area (TPSA) is 113 Å². The van der Waals surface area contributed by atoms with Gasteiger partial charge in [-0.15, -0.1) is 0 Å². The van der Waals surface area contributed by atoms with Crippen LogP contribution in [0, 0.1) is 5.92 Å². The summed E-state index contributed by atoms with van der Waals surface area (Å²) in [6.45, 7) is 11.5. The normalized spacial score (nSPS) is 21.3. The number of rotatable bonds is 16. The fraction of sp³-hybridized carbons (Fsp3) is 0.571. The highest BCUT2D eigenvalue weighted by Crippen LogP contribution is 2.36. The summed E-state index contributed by atoms with van der Waals surface area (Å²) in [5.41, 5.74) is 13.4. The SMILES string of the molecule is C=C(/C=C(C(=O)N1CC2CC1CN2c1ccc(N)cn1)\C(F)=C/CC)CC/C(=C/C(CC(C)C)OC1CCC1)CC(=O)NNC. The number of anilines is 2. The second-order valence-electron chi connectivity index (χ2n) is 12.9. The molecule has 3 atom stereocenters. The zero-order valence-corrected chi connectivity index (χ0v) is 27.4. The first-order chi connectivity index (χ1) is 21.6. The molecule has 9 nitrogen and oxygen atoms in total. The number of amides is 2. The van der Waals surface area contributed by atoms with E-state index >= 15 is 4.39 Å². The van der Waals surface area contributed by atoms with E-state index in [0.717, 1.165) is 37.1 Å². The van der Waals surface area contributed by atoms with Crippen LogP contribution in [0.3, 0.4) is 0 Å². The Morgan fingerprint density at radius 1 is 1.22 bits per heavy atom. The first-order valence-electron chi connectivity index (χ1n) is 16.4. The molecule has 0 radical (unpaired) electrons. The van der Waals surface area contributed by atoms with E-state index in [2.05, 4.69) is 47.2 Å². The molecular formula is C35H51FN6O3. The van der Waals surface area contributed by atoms with Crippen LogP contribution in [0.15, 0.2) is 65.7 Å². The summed E-state index contributed by atoms with van der Waals surface area (Å²) in [6.07, 6.45) is 13.7. The number of nitrogens with one attached hydrogen (secondary N) is 2. The number of nitrogens with two attached hydrogens (primary N) is 1. The second-order valence-corrected chi connectivity index (χ2v) is 12.9. The maximum absolute atomic E-state index is 15.4. The van der Waals surface area contributed by atoms with Crippen molar-refractivity contribution in [3.63, 3.8) is 0 Å². The molecule has 1 saturated carbocycles. The predicted octanol–water partition coefficient (Wildman–Crippen LogP) is 5.53. The molecule has 0 aromatic carbocycles. The van der Waals surface area contributed by atoms with Crippen LogP contribution < -0.4 is 21.5 Å². The van der Waals surface area contributed by atoms with Crippen molar-refractivity contribution in [3.8, 4) is 0 Å². The van der Waals surface area contributed by atoms with Crippen LogP contribution in [0.4, 0.5) is 15.9 Å². The fourth-order valence-corrected chi connectivity index (χ4v) is 6.30. The molecule has 2 bridgehead atoms. The fourth-order valence-electron chi connectivity index (χ4n) is 6.30. The van der Waals surface area contributed by atoms with Gasteiger partial charge in [0.15, 0.2) is 0 Å². The van der Waals surface area contributed by atoms with Crippen molar-refractivity contribution >= 4 is 23.3 Å². The minimum absolute atomic E-state index is 0.0262. The van der Waals surface area contributed by atoms with E-state index < -0.39 is 5.83 Å². The lowest BCUT2D eigenvalue weighted by Crippen LogP contribution is -2.49. The van der Waals surface area contributed by atoms with Gasteiger partial charge in [0.05, 0.1) is 41.7 Å². The number of carbonyl (C=O) groups is 2. The first-order valence-corrected chi connectivity index (χ1v) is 16.4. The van der Waals surface area contributed by atoms with Crippen molar-refractivity contribution in [2.45, 2.75) is 103 Å². The molecule has 3 unspecified atom stereocenters. The number of nitrogen functional groups attached to an aromatic ring is 1. The van der Waals surface area contributed by atoms with Crippen LogP contribution in [-0.2, 0) is 14.3 Å². The van der Waals surface area contributed by atoms with Gasteiger partial charge in [-0.25, -0.2) is 14.8 Å². The molecule has 3 heterocycles. The Hall–Kier alpha value is -3.50. The quantitative estimate of drug-likeness (QED) is 0.0962. The number of hydrazine groups is 1. The number of aromatic nitrogens is 1. The van der Waals surface area contributed by atoms with Gasteiger partial charge < -0.3 is 20.3 Å². The highest BCUT2D eigenvalue weighted by Gasteiger charge is 2.46. The van der Waals surface area contributed by atoms with Gasteiger partial charge in [-0.05, 0) is 81.6 Å². The van der Waals surface area contributed by atoms with Crippen LogP contribution in [0.1, 0.15) is 78.6 Å². The summed E-state index contributed by atoms with van der Waals surface area (Å²) in [4.78, 5) is 34.8. The van der Waals surface area contributed by atoms with Crippen LogP contribution in [0.5, 0.6) is 0 Å². The third-order valence-electron chi connectivity index (χ3n) is 8.75. The molecule has 246 valence electrons. The van der Waals surface area contributed by atoms with Crippen LogP contribution in [0.2, 0.25) is 0 Å². The standard InChI is InChI=1S/C35H51FN6O3/c1-6-8-32(36)31(35(44)42-22-27-19-28(42)21-41(27)33-14-13-26(37)20-39-33)16-24(4)11-12-25(18-34(43)40-38-5)17-30(15-23(2)3)45-29-9-7-10-29/h8,13-14,16-17,20,23,27-30,38H,4,6-7,9-12,15,18-19,21-22,37H2,1-3,5H3,(H,40,43)/b25-17-,31-16+,32-8+. The smallest absolute Gasteiger partial charge is 0.257 e. The summed E-state index contributed by atoms with van der Waals surface area (Å²) in [5.74, 6) is 0.293. The number of ether oxygens (including phenoxy) is 1. The molecule has 2 amide bonds. The van der Waals surface area contributed by atoms with Crippen molar-refractivity contribution in [2.75, 3.05) is 30.8 Å². The third-order valence-corrected chi connectivity index (χ3v) is 8.75. The Bertz CT molecular complexity index is 1290. The summed E-state index contributed by atoms with van der Waals surface area (Å²) >= 11 is 0. The molecule has 10 heteroatoms. The lowest BCUT2D eigenvalue weighted by Gasteiger charge is -2.35. The Morgan fingerprint density at radius 3 is 2.58 bits per heavy atom. The van der Waals surface area contributed by atoms with E-state index in [1.807, 2.05) is 19.1 Å². The van der Waals surface area contributed by atoms with Gasteiger partial charge in [0.1, 0.15) is 11.6 Å². The highest BCUT2D eigenvalue weighted by molar-refractivity contribution is 5.98. The van der Waals surface area contributed by atoms with Crippen molar-refractivity contribution in [1.29, 1.82) is 0 Å². The number of carbonyl (C=O) groups excluding carboxylic acids is 2. The van der Waals surface area contributed by atoms with E-state index in [1.165, 1.54) is 12.5 Å². The second kappa shape index (κ2) is 16.2. The van der Waals surface area contributed by atoms with Gasteiger partial charge in [-0.3, -0.25) is 15.0 Å². The van der Waals surface area contributed by atoms with Crippen LogP contribution in [0.25, 0.3) is 0 Å². The molecule has 4 rings (SSSR count). The molecule has 4 N–H and O–H groups in total. The average molecular weight is 623 g/mol. The number of nitrogens with zero attached hydrogens (tertiary/aromatic N) is 3. The molecule has 3 fully saturated rings. The lowest BCUT2D eigenvalue weighted by molar-refractivity contribution is -0.128. The molecule has 2 saturated heterocycles. The van der Waals surface area contributed by atoms with E-state index in [0.29, 0.717) is 49.5 Å². The summed E-state index contributed by atoms with van der Waals surface area (Å²) < 4.78 is 21.8. The van der Waals surface area contributed by atoms with Crippen molar-refractivity contribution in [2.24, 2.45) is 5.92 Å². The van der Waals surface area contributed by atoms with Gasteiger partial charge in [0.2, 0.25) is 5.91 Å². The predicted molar refractivity (Wildman–Crippen MR) is 178 cm³/mol. The van der Waals surface area contributed by atoms with Crippen molar-refractivity contribution in [3.05, 3.63) is 65.7 Å². The van der Waals surface area contributed by atoms with Gasteiger partial charge in [-0.2, -0.15) is 0 Å². The Morgan fingerprint density at radius 2 is 2.00 bits per heavy atom. The summed E-state index contributed by atoms with van der Waals surface area (Å²) in [5, 5.41) is 0. The van der Waals surface area contributed by atoms with E-state index in [-0.39, 0.29) is 48.1 Å². The molecule has 45 heavy (non-hydrogen) atoms. The Balaban J connectivity index is 1.47. The highest BCUT2D eigenvalue weighted by atomic mass is 19.1. The lowest BCUT2D eigenvalue weighted by atomic mass is 9.94. The van der Waals surface area contributed by atoms with Gasteiger partial charge in [-0.1, -0.05) is 44.6 Å². The zero-order chi connectivity index (χ0) is 32.5. The van der Waals surface area contributed by atoms with Crippen molar-refractivity contribution < 1.29 is 18.7 Å². The molecule has 3 aliphatic rings. The van der Waals surface area contributed by atoms with Crippen LogP contribution >= 0.6 is 0 Å². The maximum atomic E-state index is 15.4. The summed E-state index contributed by atoms with van der Waals surface area (Å²) in [6, 6.07) is 3.82. The summed E-state index contributed by atoms with van der Waals surface area (Å²) in [7, 11) is 1.66. The van der Waals surface area contributed by atoms with Gasteiger partial charge in [0.25, 0.3) is 5.91 Å².